The standard InChI is InChI=1S/C13H14BrNO4/c1-15-11(16)6-9(13(17)18)12(15)8-5-7(19-2)3-4-10(8)14/h3-5,9,12H,6H2,1-2H3,(H,17,18). The summed E-state index contributed by atoms with van der Waals surface area (Å²) in [6.07, 6.45) is 0.0279. The highest BCUT2D eigenvalue weighted by Gasteiger charge is 2.43. The summed E-state index contributed by atoms with van der Waals surface area (Å²) in [7, 11) is 3.17. The fourth-order valence-electron chi connectivity index (χ4n) is 2.39. The minimum atomic E-state index is -0.961. The lowest BCUT2D eigenvalue weighted by molar-refractivity contribution is -0.142. The van der Waals surface area contributed by atoms with Gasteiger partial charge >= 0.3 is 5.97 Å². The van der Waals surface area contributed by atoms with Crippen molar-refractivity contribution in [2.24, 2.45) is 5.92 Å². The Hall–Kier alpha value is -1.56. The molecule has 1 aliphatic heterocycles. The molecule has 2 rings (SSSR count). The number of amides is 1. The van der Waals surface area contributed by atoms with Crippen LogP contribution in [0.3, 0.4) is 0 Å². The lowest BCUT2D eigenvalue weighted by Gasteiger charge is -2.24. The second-order valence-electron chi connectivity index (χ2n) is 4.49. The van der Waals surface area contributed by atoms with E-state index in [1.165, 1.54) is 4.90 Å². The van der Waals surface area contributed by atoms with E-state index in [1.54, 1.807) is 32.4 Å². The zero-order chi connectivity index (χ0) is 14.2. The molecule has 1 heterocycles. The largest absolute Gasteiger partial charge is 0.497 e. The normalized spacial score (nSPS) is 22.7. The maximum absolute atomic E-state index is 11.8. The number of ether oxygens (including phenoxy) is 1. The zero-order valence-electron chi connectivity index (χ0n) is 10.6. The van der Waals surface area contributed by atoms with Gasteiger partial charge in [0, 0.05) is 17.9 Å². The molecule has 2 atom stereocenters. The van der Waals surface area contributed by atoms with Gasteiger partial charge in [-0.3, -0.25) is 9.59 Å². The van der Waals surface area contributed by atoms with E-state index in [-0.39, 0.29) is 12.3 Å². The second kappa shape index (κ2) is 5.21. The molecule has 6 heteroatoms. The molecular weight excluding hydrogens is 314 g/mol. The summed E-state index contributed by atoms with van der Waals surface area (Å²) < 4.78 is 5.93. The SMILES string of the molecule is COc1ccc(Br)c(C2C(C(=O)O)CC(=O)N2C)c1. The molecule has 102 valence electrons. The Bertz CT molecular complexity index is 531. The van der Waals surface area contributed by atoms with Gasteiger partial charge in [0.1, 0.15) is 5.75 Å². The fraction of sp³-hybridized carbons (Fsp3) is 0.385. The Morgan fingerprint density at radius 1 is 1.53 bits per heavy atom. The van der Waals surface area contributed by atoms with Crippen molar-refractivity contribution in [3.8, 4) is 5.75 Å². The van der Waals surface area contributed by atoms with Crippen LogP contribution in [-0.2, 0) is 9.59 Å². The molecule has 19 heavy (non-hydrogen) atoms. The molecule has 0 saturated carbocycles. The first-order chi connectivity index (χ1) is 8.95. The number of carboxylic acid groups (broad SMARTS) is 1. The molecule has 5 nitrogen and oxygen atoms in total. The number of aliphatic carboxylic acids is 1. The third kappa shape index (κ3) is 2.45. The lowest BCUT2D eigenvalue weighted by atomic mass is 9.94. The molecule has 1 aliphatic rings. The Kier molecular flexibility index (Phi) is 3.80. The first kappa shape index (κ1) is 13.9. The molecule has 1 aromatic rings. The molecular formula is C13H14BrNO4. The van der Waals surface area contributed by atoms with Crippen molar-refractivity contribution in [1.29, 1.82) is 0 Å². The number of hydrogen-bond acceptors (Lipinski definition) is 3. The quantitative estimate of drug-likeness (QED) is 0.922. The number of methoxy groups -OCH3 is 1. The summed E-state index contributed by atoms with van der Waals surface area (Å²) in [5.74, 6) is -1.22. The van der Waals surface area contributed by atoms with Crippen LogP contribution in [0.5, 0.6) is 5.75 Å². The number of likely N-dealkylation sites (tertiary alicyclic amines) is 1. The maximum Gasteiger partial charge on any atom is 0.309 e. The van der Waals surface area contributed by atoms with Crippen LogP contribution in [0.15, 0.2) is 22.7 Å². The van der Waals surface area contributed by atoms with Crippen LogP contribution in [0, 0.1) is 5.92 Å². The Morgan fingerprint density at radius 3 is 2.79 bits per heavy atom. The molecule has 1 amide bonds. The van der Waals surface area contributed by atoms with E-state index >= 15 is 0 Å². The maximum atomic E-state index is 11.8. The predicted molar refractivity (Wildman–Crippen MR) is 71.9 cm³/mol. The van der Waals surface area contributed by atoms with Gasteiger partial charge in [-0.15, -0.1) is 0 Å². The van der Waals surface area contributed by atoms with Crippen molar-refractivity contribution in [2.45, 2.75) is 12.5 Å². The van der Waals surface area contributed by atoms with Gasteiger partial charge in [0.15, 0.2) is 0 Å². The molecule has 1 N–H and O–H groups in total. The van der Waals surface area contributed by atoms with E-state index in [4.69, 9.17) is 4.74 Å². The Balaban J connectivity index is 2.48. The van der Waals surface area contributed by atoms with E-state index in [2.05, 4.69) is 15.9 Å². The van der Waals surface area contributed by atoms with Crippen molar-refractivity contribution in [2.75, 3.05) is 14.2 Å². The number of carboxylic acids is 1. The summed E-state index contributed by atoms with van der Waals surface area (Å²) in [6, 6.07) is 4.86. The highest BCUT2D eigenvalue weighted by molar-refractivity contribution is 9.10. The van der Waals surface area contributed by atoms with Crippen LogP contribution in [0.2, 0.25) is 0 Å². The van der Waals surface area contributed by atoms with Gasteiger partial charge in [0.2, 0.25) is 5.91 Å². The number of rotatable bonds is 3. The van der Waals surface area contributed by atoms with E-state index < -0.39 is 17.9 Å². The topological polar surface area (TPSA) is 66.8 Å². The molecule has 1 saturated heterocycles. The Labute approximate surface area is 119 Å². The second-order valence-corrected chi connectivity index (χ2v) is 5.34. The first-order valence-electron chi connectivity index (χ1n) is 5.77. The molecule has 0 radical (unpaired) electrons. The van der Waals surface area contributed by atoms with Gasteiger partial charge < -0.3 is 14.7 Å². The number of carbonyl (C=O) groups is 2. The summed E-state index contributed by atoms with van der Waals surface area (Å²) in [5, 5.41) is 9.27. The van der Waals surface area contributed by atoms with Crippen molar-refractivity contribution < 1.29 is 19.4 Å². The van der Waals surface area contributed by atoms with Crippen molar-refractivity contribution in [1.82, 2.24) is 4.90 Å². The molecule has 0 bridgehead atoms. The van der Waals surface area contributed by atoms with Gasteiger partial charge in [0.25, 0.3) is 0 Å². The average Bonchev–Trinajstić information content (AvgIpc) is 2.67. The van der Waals surface area contributed by atoms with Gasteiger partial charge in [-0.1, -0.05) is 15.9 Å². The van der Waals surface area contributed by atoms with Crippen LogP contribution >= 0.6 is 15.9 Å². The van der Waals surface area contributed by atoms with Gasteiger partial charge in [0.05, 0.1) is 19.1 Å². The number of hydrogen-bond donors (Lipinski definition) is 1. The number of carbonyl (C=O) groups excluding carboxylic acids is 1. The van der Waals surface area contributed by atoms with Gasteiger partial charge in [-0.2, -0.15) is 0 Å². The van der Waals surface area contributed by atoms with Crippen molar-refractivity contribution >= 4 is 27.8 Å². The van der Waals surface area contributed by atoms with E-state index in [9.17, 15) is 14.7 Å². The molecule has 0 aromatic heterocycles. The minimum absolute atomic E-state index is 0.0279. The van der Waals surface area contributed by atoms with E-state index in [0.29, 0.717) is 5.75 Å². The molecule has 0 spiro atoms. The third-order valence-electron chi connectivity index (χ3n) is 3.43. The highest BCUT2D eigenvalue weighted by atomic mass is 79.9. The monoisotopic (exact) mass is 327 g/mol. The van der Waals surface area contributed by atoms with Gasteiger partial charge in [-0.25, -0.2) is 0 Å². The van der Waals surface area contributed by atoms with Crippen LogP contribution < -0.4 is 4.74 Å². The van der Waals surface area contributed by atoms with Crippen molar-refractivity contribution in [3.05, 3.63) is 28.2 Å². The van der Waals surface area contributed by atoms with E-state index in [1.807, 2.05) is 0 Å². The first-order valence-corrected chi connectivity index (χ1v) is 6.57. The fourth-order valence-corrected chi connectivity index (χ4v) is 2.87. The minimum Gasteiger partial charge on any atom is -0.497 e. The summed E-state index contributed by atoms with van der Waals surface area (Å²) >= 11 is 3.41. The average molecular weight is 328 g/mol. The Morgan fingerprint density at radius 2 is 2.21 bits per heavy atom. The molecule has 2 unspecified atom stereocenters. The molecule has 1 fully saturated rings. The van der Waals surface area contributed by atoms with Crippen LogP contribution in [0.1, 0.15) is 18.0 Å². The van der Waals surface area contributed by atoms with Crippen LogP contribution in [0.4, 0.5) is 0 Å². The summed E-state index contributed by atoms with van der Waals surface area (Å²) in [4.78, 5) is 24.6. The summed E-state index contributed by atoms with van der Waals surface area (Å²) in [5.41, 5.74) is 0.750. The van der Waals surface area contributed by atoms with Crippen molar-refractivity contribution in [3.63, 3.8) is 0 Å². The number of benzene rings is 1. The smallest absolute Gasteiger partial charge is 0.309 e. The summed E-state index contributed by atoms with van der Waals surface area (Å²) in [6.45, 7) is 0. The van der Waals surface area contributed by atoms with Gasteiger partial charge in [-0.05, 0) is 23.8 Å². The van der Waals surface area contributed by atoms with Crippen LogP contribution in [-0.4, -0.2) is 36.0 Å². The van der Waals surface area contributed by atoms with E-state index in [0.717, 1.165) is 10.0 Å². The molecule has 1 aromatic carbocycles. The third-order valence-corrected chi connectivity index (χ3v) is 4.15. The van der Waals surface area contributed by atoms with Crippen LogP contribution in [0.25, 0.3) is 0 Å². The number of nitrogens with zero attached hydrogens (tertiary/aromatic N) is 1. The predicted octanol–water partition coefficient (Wildman–Crippen LogP) is 2.06. The number of halogens is 1. The molecule has 0 aliphatic carbocycles. The lowest BCUT2D eigenvalue weighted by Crippen LogP contribution is -2.27. The zero-order valence-corrected chi connectivity index (χ0v) is 12.2. The highest BCUT2D eigenvalue weighted by Crippen LogP contribution is 2.41.